The van der Waals surface area contributed by atoms with Crippen LogP contribution >= 0.6 is 11.5 Å². The lowest BCUT2D eigenvalue weighted by Crippen LogP contribution is -1.85. The molecule has 0 aromatic carbocycles. The smallest absolute Gasteiger partial charge is 0.129 e. The number of nitrogens with zero attached hydrogens (tertiary/aromatic N) is 2. The molecule has 1 N–H and O–H groups in total. The summed E-state index contributed by atoms with van der Waals surface area (Å²) in [6.45, 7) is 3.45. The largest absolute Gasteiger partial charge is 0.507 e. The second-order valence-electron chi connectivity index (χ2n) is 2.71. The number of rotatable bonds is 2. The van der Waals surface area contributed by atoms with Gasteiger partial charge in [-0.2, -0.15) is 0 Å². The van der Waals surface area contributed by atoms with Gasteiger partial charge in [0.15, 0.2) is 0 Å². The Balaban J connectivity index is 2.37. The topological polar surface area (TPSA) is 46.0 Å². The van der Waals surface area contributed by atoms with E-state index in [1.165, 1.54) is 24.4 Å². The van der Waals surface area contributed by atoms with Crippen LogP contribution in [-0.4, -0.2) is 14.7 Å². The lowest BCUT2D eigenvalue weighted by molar-refractivity contribution is 0.514. The van der Waals surface area contributed by atoms with Gasteiger partial charge in [-0.15, -0.1) is 5.10 Å². The molecule has 1 aliphatic rings. The number of aliphatic hydroxyl groups excluding tert-OH is 1. The maximum absolute atomic E-state index is 9.11. The van der Waals surface area contributed by atoms with Crippen molar-refractivity contribution in [3.63, 3.8) is 0 Å². The molecule has 3 nitrogen and oxygen atoms in total. The maximum atomic E-state index is 9.11. The summed E-state index contributed by atoms with van der Waals surface area (Å²) in [5.41, 5.74) is 0.933. The van der Waals surface area contributed by atoms with Gasteiger partial charge in [0.2, 0.25) is 0 Å². The first-order valence-electron chi connectivity index (χ1n) is 3.49. The van der Waals surface area contributed by atoms with Crippen LogP contribution in [0.2, 0.25) is 0 Å². The molecule has 1 heterocycles. The van der Waals surface area contributed by atoms with E-state index in [2.05, 4.69) is 16.2 Å². The molecule has 0 aliphatic heterocycles. The Bertz CT molecular complexity index is 290. The van der Waals surface area contributed by atoms with Crippen molar-refractivity contribution in [3.05, 3.63) is 17.2 Å². The van der Waals surface area contributed by atoms with Gasteiger partial charge in [0.05, 0.1) is 5.69 Å². The molecule has 0 atom stereocenters. The van der Waals surface area contributed by atoms with Crippen LogP contribution in [-0.2, 0) is 0 Å². The SMILES string of the molecule is C=C(O)c1snnc1C1CC1. The van der Waals surface area contributed by atoms with Crippen molar-refractivity contribution >= 4 is 17.3 Å². The molecule has 1 aromatic heterocycles. The number of aromatic nitrogens is 2. The average molecular weight is 168 g/mol. The van der Waals surface area contributed by atoms with Gasteiger partial charge in [0, 0.05) is 5.92 Å². The monoisotopic (exact) mass is 168 g/mol. The number of aliphatic hydroxyl groups is 1. The zero-order valence-electron chi connectivity index (χ0n) is 5.95. The lowest BCUT2D eigenvalue weighted by atomic mass is 10.2. The van der Waals surface area contributed by atoms with E-state index in [0.29, 0.717) is 5.92 Å². The Hall–Kier alpha value is -0.900. The van der Waals surface area contributed by atoms with Gasteiger partial charge >= 0.3 is 0 Å². The van der Waals surface area contributed by atoms with Gasteiger partial charge in [-0.3, -0.25) is 0 Å². The molecule has 1 aliphatic carbocycles. The molecule has 4 heteroatoms. The summed E-state index contributed by atoms with van der Waals surface area (Å²) < 4.78 is 3.78. The summed E-state index contributed by atoms with van der Waals surface area (Å²) in [5, 5.41) is 13.1. The summed E-state index contributed by atoms with van der Waals surface area (Å²) in [5.74, 6) is 0.634. The summed E-state index contributed by atoms with van der Waals surface area (Å²) in [6.07, 6.45) is 2.34. The zero-order valence-corrected chi connectivity index (χ0v) is 6.77. The summed E-state index contributed by atoms with van der Waals surface area (Å²) >= 11 is 1.22. The minimum atomic E-state index is 0.0990. The maximum Gasteiger partial charge on any atom is 0.129 e. The normalized spacial score (nSPS) is 16.7. The van der Waals surface area contributed by atoms with Gasteiger partial charge in [0.1, 0.15) is 10.6 Å². The number of hydrogen-bond acceptors (Lipinski definition) is 4. The molecule has 11 heavy (non-hydrogen) atoms. The van der Waals surface area contributed by atoms with E-state index in [-0.39, 0.29) is 5.76 Å². The summed E-state index contributed by atoms with van der Waals surface area (Å²) in [6, 6.07) is 0. The van der Waals surface area contributed by atoms with Crippen LogP contribution in [0.5, 0.6) is 0 Å². The lowest BCUT2D eigenvalue weighted by Gasteiger charge is -1.93. The Morgan fingerprint density at radius 1 is 1.64 bits per heavy atom. The van der Waals surface area contributed by atoms with Gasteiger partial charge in [-0.1, -0.05) is 11.1 Å². The molecule has 1 aromatic rings. The zero-order chi connectivity index (χ0) is 7.84. The van der Waals surface area contributed by atoms with E-state index in [9.17, 15) is 0 Å². The first-order valence-corrected chi connectivity index (χ1v) is 4.27. The highest BCUT2D eigenvalue weighted by atomic mass is 32.1. The van der Waals surface area contributed by atoms with Crippen molar-refractivity contribution in [1.82, 2.24) is 9.59 Å². The predicted molar refractivity (Wildman–Crippen MR) is 43.5 cm³/mol. The van der Waals surface area contributed by atoms with Crippen molar-refractivity contribution in [1.29, 1.82) is 0 Å². The molecule has 0 unspecified atom stereocenters. The fourth-order valence-electron chi connectivity index (χ4n) is 1.02. The van der Waals surface area contributed by atoms with Crippen molar-refractivity contribution in [2.24, 2.45) is 0 Å². The Morgan fingerprint density at radius 2 is 2.36 bits per heavy atom. The Kier molecular flexibility index (Phi) is 1.42. The van der Waals surface area contributed by atoms with Crippen molar-refractivity contribution in [2.75, 3.05) is 0 Å². The van der Waals surface area contributed by atoms with Crippen molar-refractivity contribution < 1.29 is 5.11 Å². The molecule has 0 saturated heterocycles. The summed E-state index contributed by atoms with van der Waals surface area (Å²) in [4.78, 5) is 0.757. The standard InChI is InChI=1S/C7H8N2OS/c1-4(10)7-6(5-2-3-5)8-9-11-7/h5,10H,1-3H2. The molecule has 0 radical (unpaired) electrons. The van der Waals surface area contributed by atoms with Crippen LogP contribution < -0.4 is 0 Å². The van der Waals surface area contributed by atoms with Crippen molar-refractivity contribution in [2.45, 2.75) is 18.8 Å². The van der Waals surface area contributed by atoms with Gasteiger partial charge < -0.3 is 5.11 Å². The molecule has 0 bridgehead atoms. The second kappa shape index (κ2) is 2.30. The van der Waals surface area contributed by atoms with Crippen LogP contribution in [0.1, 0.15) is 29.3 Å². The van der Waals surface area contributed by atoms with E-state index in [4.69, 9.17) is 5.11 Å². The van der Waals surface area contributed by atoms with Crippen LogP contribution in [0.3, 0.4) is 0 Å². The third-order valence-electron chi connectivity index (χ3n) is 1.74. The van der Waals surface area contributed by atoms with Gasteiger partial charge in [0.25, 0.3) is 0 Å². The molecule has 0 amide bonds. The predicted octanol–water partition coefficient (Wildman–Crippen LogP) is 1.94. The van der Waals surface area contributed by atoms with Crippen LogP contribution in [0, 0.1) is 0 Å². The number of hydrogen-bond donors (Lipinski definition) is 1. The molecule has 1 fully saturated rings. The van der Waals surface area contributed by atoms with E-state index in [1.807, 2.05) is 0 Å². The third kappa shape index (κ3) is 1.14. The van der Waals surface area contributed by atoms with Crippen LogP contribution in [0.4, 0.5) is 0 Å². The quantitative estimate of drug-likeness (QED) is 0.686. The average Bonchev–Trinajstić information content (AvgIpc) is 2.68. The highest BCUT2D eigenvalue weighted by molar-refractivity contribution is 7.06. The Labute approximate surface area is 68.5 Å². The van der Waals surface area contributed by atoms with E-state index < -0.39 is 0 Å². The minimum Gasteiger partial charge on any atom is -0.507 e. The Morgan fingerprint density at radius 3 is 2.91 bits per heavy atom. The first-order chi connectivity index (χ1) is 5.29. The molecule has 0 spiro atoms. The molecular formula is C7H8N2OS. The van der Waals surface area contributed by atoms with Crippen LogP contribution in [0.15, 0.2) is 6.58 Å². The summed E-state index contributed by atoms with van der Waals surface area (Å²) in [7, 11) is 0. The van der Waals surface area contributed by atoms with Gasteiger partial charge in [-0.05, 0) is 24.4 Å². The van der Waals surface area contributed by atoms with Crippen molar-refractivity contribution in [3.8, 4) is 0 Å². The van der Waals surface area contributed by atoms with Gasteiger partial charge in [-0.25, -0.2) is 0 Å². The fraction of sp³-hybridized carbons (Fsp3) is 0.429. The first kappa shape index (κ1) is 6.79. The molecule has 1 saturated carbocycles. The highest BCUT2D eigenvalue weighted by Crippen LogP contribution is 2.42. The van der Waals surface area contributed by atoms with E-state index in [1.54, 1.807) is 0 Å². The fourth-order valence-corrected chi connectivity index (χ4v) is 1.64. The minimum absolute atomic E-state index is 0.0990. The second-order valence-corrected chi connectivity index (χ2v) is 3.46. The molecular weight excluding hydrogens is 160 g/mol. The highest BCUT2D eigenvalue weighted by Gasteiger charge is 2.29. The molecule has 58 valence electrons. The molecule has 2 rings (SSSR count). The van der Waals surface area contributed by atoms with Crippen LogP contribution in [0.25, 0.3) is 5.76 Å². The van der Waals surface area contributed by atoms with E-state index in [0.717, 1.165) is 10.6 Å². The van der Waals surface area contributed by atoms with E-state index >= 15 is 0 Å². The third-order valence-corrected chi connectivity index (χ3v) is 2.53.